The second-order valence-electron chi connectivity index (χ2n) is 6.59. The summed E-state index contributed by atoms with van der Waals surface area (Å²) >= 11 is 1.24. The van der Waals surface area contributed by atoms with Crippen molar-refractivity contribution in [2.24, 2.45) is 0 Å². The van der Waals surface area contributed by atoms with Crippen molar-refractivity contribution in [1.82, 2.24) is 10.3 Å². The molecule has 26 heavy (non-hydrogen) atoms. The van der Waals surface area contributed by atoms with Gasteiger partial charge in [0.25, 0.3) is 5.91 Å². The van der Waals surface area contributed by atoms with Gasteiger partial charge in [-0.15, -0.1) is 11.3 Å². The molecule has 2 N–H and O–H groups in total. The number of anilines is 1. The number of hydrogen-bond acceptors (Lipinski definition) is 6. The first-order valence-electron chi connectivity index (χ1n) is 8.07. The molecule has 2 aromatic rings. The van der Waals surface area contributed by atoms with Crippen molar-refractivity contribution < 1.29 is 18.0 Å². The topological polar surface area (TPSA) is 105 Å². The molecule has 0 unspecified atom stereocenters. The van der Waals surface area contributed by atoms with Crippen molar-refractivity contribution in [2.45, 2.75) is 25.3 Å². The first-order chi connectivity index (χ1) is 12.2. The van der Waals surface area contributed by atoms with Crippen LogP contribution in [0.25, 0.3) is 0 Å². The Morgan fingerprint density at radius 2 is 2.00 bits per heavy atom. The molecule has 1 fully saturated rings. The zero-order valence-corrected chi connectivity index (χ0v) is 15.8. The van der Waals surface area contributed by atoms with E-state index < -0.39 is 15.4 Å². The molecule has 0 spiro atoms. The molecular weight excluding hydrogens is 374 g/mol. The first-order valence-corrected chi connectivity index (χ1v) is 10.8. The summed E-state index contributed by atoms with van der Waals surface area (Å²) in [6.45, 7) is 1.74. The Kier molecular flexibility index (Phi) is 5.10. The fourth-order valence-corrected chi connectivity index (χ4v) is 5.66. The normalized spacial score (nSPS) is 21.3. The zero-order chi connectivity index (χ0) is 18.8. The lowest BCUT2D eigenvalue weighted by Gasteiger charge is -2.23. The Labute approximate surface area is 155 Å². The summed E-state index contributed by atoms with van der Waals surface area (Å²) in [4.78, 5) is 28.6. The van der Waals surface area contributed by atoms with Gasteiger partial charge in [-0.1, -0.05) is 18.2 Å². The summed E-state index contributed by atoms with van der Waals surface area (Å²) in [6.07, 6.45) is 0.448. The van der Waals surface area contributed by atoms with Crippen molar-refractivity contribution in [2.75, 3.05) is 16.8 Å². The molecule has 0 bridgehead atoms. The van der Waals surface area contributed by atoms with E-state index in [2.05, 4.69) is 15.6 Å². The van der Waals surface area contributed by atoms with Crippen LogP contribution in [0, 0.1) is 0 Å². The lowest BCUT2D eigenvalue weighted by atomic mass is 10.0. The number of carbonyl (C=O) groups is 2. The highest BCUT2D eigenvalue weighted by Gasteiger charge is 2.39. The predicted octanol–water partition coefficient (Wildman–Crippen LogP) is 1.63. The summed E-state index contributed by atoms with van der Waals surface area (Å²) in [5.74, 6) is -0.493. The Morgan fingerprint density at radius 1 is 1.27 bits per heavy atom. The van der Waals surface area contributed by atoms with E-state index in [1.807, 2.05) is 6.07 Å². The lowest BCUT2D eigenvalue weighted by molar-refractivity contribution is -0.122. The number of nitrogens with zero attached hydrogens (tertiary/aromatic N) is 1. The summed E-state index contributed by atoms with van der Waals surface area (Å²) in [5.41, 5.74) is 0.328. The molecule has 7 nitrogen and oxygen atoms in total. The molecule has 1 aliphatic heterocycles. The third-order valence-electron chi connectivity index (χ3n) is 4.09. The average molecular weight is 393 g/mol. The highest BCUT2D eigenvalue weighted by Crippen LogP contribution is 2.23. The van der Waals surface area contributed by atoms with Crippen LogP contribution in [0.5, 0.6) is 0 Å². The minimum Gasteiger partial charge on any atom is -0.350 e. The van der Waals surface area contributed by atoms with Crippen LogP contribution in [0.3, 0.4) is 0 Å². The maximum Gasteiger partial charge on any atom is 0.257 e. The number of nitrogens with one attached hydrogen (secondary N) is 2. The molecule has 1 atom stereocenters. The number of amides is 2. The largest absolute Gasteiger partial charge is 0.350 e. The average Bonchev–Trinajstić information content (AvgIpc) is 3.11. The fourth-order valence-electron chi connectivity index (χ4n) is 2.86. The summed E-state index contributed by atoms with van der Waals surface area (Å²) in [6, 6.07) is 8.78. The number of aromatic nitrogens is 1. The molecule has 138 valence electrons. The SMILES string of the molecule is C[C@]1(NC(=O)Cc2csc(NC(=O)c3ccccc3)n2)CCS(=O)(=O)C1. The highest BCUT2D eigenvalue weighted by molar-refractivity contribution is 7.91. The predicted molar refractivity (Wildman–Crippen MR) is 100 cm³/mol. The fraction of sp³-hybridized carbons (Fsp3) is 0.353. The molecule has 3 rings (SSSR count). The second-order valence-corrected chi connectivity index (χ2v) is 9.63. The van der Waals surface area contributed by atoms with Crippen molar-refractivity contribution in [3.63, 3.8) is 0 Å². The van der Waals surface area contributed by atoms with Gasteiger partial charge < -0.3 is 5.32 Å². The molecule has 1 aromatic carbocycles. The van der Waals surface area contributed by atoms with Gasteiger partial charge in [0.2, 0.25) is 5.91 Å². The molecule has 2 heterocycles. The van der Waals surface area contributed by atoms with Crippen LogP contribution in [0.4, 0.5) is 5.13 Å². The molecule has 0 radical (unpaired) electrons. The van der Waals surface area contributed by atoms with E-state index in [4.69, 9.17) is 0 Å². The van der Waals surface area contributed by atoms with Gasteiger partial charge in [-0.05, 0) is 25.5 Å². The Morgan fingerprint density at radius 3 is 2.65 bits per heavy atom. The number of benzene rings is 1. The Bertz CT molecular complexity index is 924. The lowest BCUT2D eigenvalue weighted by Crippen LogP contribution is -2.47. The van der Waals surface area contributed by atoms with Crippen molar-refractivity contribution in [3.8, 4) is 0 Å². The number of rotatable bonds is 5. The van der Waals surface area contributed by atoms with E-state index in [9.17, 15) is 18.0 Å². The number of sulfone groups is 1. The van der Waals surface area contributed by atoms with Gasteiger partial charge in [-0.3, -0.25) is 14.9 Å². The second kappa shape index (κ2) is 7.16. The van der Waals surface area contributed by atoms with Crippen molar-refractivity contribution in [3.05, 3.63) is 47.0 Å². The summed E-state index contributed by atoms with van der Waals surface area (Å²) < 4.78 is 23.2. The van der Waals surface area contributed by atoms with Gasteiger partial charge in [-0.2, -0.15) is 0 Å². The number of carbonyl (C=O) groups excluding carboxylic acids is 2. The van der Waals surface area contributed by atoms with E-state index in [0.717, 1.165) is 0 Å². The van der Waals surface area contributed by atoms with Gasteiger partial charge in [-0.25, -0.2) is 13.4 Å². The van der Waals surface area contributed by atoms with Crippen LogP contribution in [0.1, 0.15) is 29.4 Å². The molecule has 1 saturated heterocycles. The van der Waals surface area contributed by atoms with Gasteiger partial charge in [0.15, 0.2) is 15.0 Å². The van der Waals surface area contributed by atoms with E-state index in [1.54, 1.807) is 36.6 Å². The maximum absolute atomic E-state index is 12.2. The molecule has 1 aliphatic rings. The van der Waals surface area contributed by atoms with Gasteiger partial charge in [0, 0.05) is 10.9 Å². The van der Waals surface area contributed by atoms with Crippen molar-refractivity contribution in [1.29, 1.82) is 0 Å². The minimum absolute atomic E-state index is 0.0351. The molecule has 9 heteroatoms. The van der Waals surface area contributed by atoms with E-state index in [-0.39, 0.29) is 29.7 Å². The zero-order valence-electron chi connectivity index (χ0n) is 14.2. The van der Waals surface area contributed by atoms with E-state index >= 15 is 0 Å². The van der Waals surface area contributed by atoms with Gasteiger partial charge in [0.05, 0.1) is 29.2 Å². The van der Waals surface area contributed by atoms with Gasteiger partial charge >= 0.3 is 0 Å². The molecule has 2 amide bonds. The standard InChI is InChI=1S/C17H19N3O4S2/c1-17(7-8-26(23,24)11-17)20-14(21)9-13-10-25-16(18-13)19-15(22)12-5-3-2-4-6-12/h2-6,10H,7-9,11H2,1H3,(H,20,21)(H,18,19,22)/t17-/m0/s1. The third kappa shape index (κ3) is 4.67. The summed E-state index contributed by atoms with van der Waals surface area (Å²) in [7, 11) is -3.08. The van der Waals surface area contributed by atoms with E-state index in [0.29, 0.717) is 22.8 Å². The number of hydrogen-bond donors (Lipinski definition) is 2. The van der Waals surface area contributed by atoms with Gasteiger partial charge in [0.1, 0.15) is 0 Å². The van der Waals surface area contributed by atoms with Crippen LogP contribution in [0.2, 0.25) is 0 Å². The monoisotopic (exact) mass is 393 g/mol. The number of thiazole rings is 1. The molecule has 0 aliphatic carbocycles. The Balaban J connectivity index is 1.57. The van der Waals surface area contributed by atoms with Crippen molar-refractivity contribution >= 4 is 38.1 Å². The third-order valence-corrected chi connectivity index (χ3v) is 6.80. The molecular formula is C17H19N3O4S2. The van der Waals surface area contributed by atoms with Crippen LogP contribution in [-0.4, -0.2) is 42.3 Å². The van der Waals surface area contributed by atoms with E-state index in [1.165, 1.54) is 11.3 Å². The van der Waals surface area contributed by atoms with Crippen LogP contribution in [-0.2, 0) is 21.1 Å². The molecule has 1 aromatic heterocycles. The summed E-state index contributed by atoms with van der Waals surface area (Å²) in [5, 5.41) is 7.61. The quantitative estimate of drug-likeness (QED) is 0.803. The van der Waals surface area contributed by atoms with Crippen LogP contribution >= 0.6 is 11.3 Å². The van der Waals surface area contributed by atoms with Crippen LogP contribution < -0.4 is 10.6 Å². The smallest absolute Gasteiger partial charge is 0.257 e. The maximum atomic E-state index is 12.2. The first kappa shape index (κ1) is 18.5. The molecule has 0 saturated carbocycles. The highest BCUT2D eigenvalue weighted by atomic mass is 32.2. The Hall–Kier alpha value is -2.26. The minimum atomic E-state index is -3.08. The van der Waals surface area contributed by atoms with Crippen LogP contribution in [0.15, 0.2) is 35.7 Å².